The highest BCUT2D eigenvalue weighted by Gasteiger charge is 2.67. The van der Waals surface area contributed by atoms with Crippen LogP contribution in [0.2, 0.25) is 0 Å². The van der Waals surface area contributed by atoms with E-state index in [1.807, 2.05) is 0 Å². The van der Waals surface area contributed by atoms with Crippen molar-refractivity contribution in [1.82, 2.24) is 19.5 Å². The van der Waals surface area contributed by atoms with Crippen molar-refractivity contribution < 1.29 is 86.9 Å². The van der Waals surface area contributed by atoms with Crippen LogP contribution in [0.25, 0.3) is 11.2 Å². The molecule has 0 aromatic carbocycles. The zero-order valence-corrected chi connectivity index (χ0v) is 26.9. The normalized spacial score (nSPS) is 41.2. The third kappa shape index (κ3) is 7.17. The molecule has 2 saturated heterocycles. The van der Waals surface area contributed by atoms with Gasteiger partial charge in [0, 0.05) is 0 Å². The molecule has 2 aliphatic heterocycles. The number of hydrogen-bond donors (Lipinski definition) is 13. The van der Waals surface area contributed by atoms with Gasteiger partial charge in [-0.2, -0.15) is 8.42 Å². The van der Waals surface area contributed by atoms with Gasteiger partial charge in [0.2, 0.25) is 0 Å². The van der Waals surface area contributed by atoms with Crippen molar-refractivity contribution in [2.45, 2.75) is 97.3 Å². The molecule has 1 aliphatic carbocycles. The number of nitrogen functional groups attached to an aromatic ring is 1. The molecular formula is C25H39N7O18S. The van der Waals surface area contributed by atoms with Crippen LogP contribution in [-0.4, -0.2) is 195 Å². The number of aromatic nitrogens is 4. The number of Topliss-reactive ketones (excluding diaryl/α,β-unsaturated/α-hetero) is 1. The van der Waals surface area contributed by atoms with E-state index in [1.165, 1.54) is 10.9 Å². The quantitative estimate of drug-likeness (QED) is 0.0894. The molecule has 1 saturated carbocycles. The van der Waals surface area contributed by atoms with Crippen molar-refractivity contribution in [2.75, 3.05) is 25.6 Å². The summed E-state index contributed by atoms with van der Waals surface area (Å²) >= 11 is 0. The first-order valence-electron chi connectivity index (χ1n) is 15.1. The van der Waals surface area contributed by atoms with Gasteiger partial charge < -0.3 is 82.1 Å². The van der Waals surface area contributed by atoms with Crippen LogP contribution >= 0.6 is 0 Å². The molecule has 0 unspecified atom stereocenters. The van der Waals surface area contributed by atoms with E-state index in [9.17, 15) is 63.7 Å². The van der Waals surface area contributed by atoms with Gasteiger partial charge in [-0.05, 0) is 0 Å². The topological polar surface area (TPSA) is 421 Å². The zero-order chi connectivity index (χ0) is 37.7. The predicted molar refractivity (Wildman–Crippen MR) is 159 cm³/mol. The van der Waals surface area contributed by atoms with Crippen LogP contribution in [0.15, 0.2) is 12.7 Å². The number of fused-ring (bicyclic) bond motifs is 1. The minimum absolute atomic E-state index is 0.0132. The lowest BCUT2D eigenvalue weighted by molar-refractivity contribution is -0.334. The molecule has 0 spiro atoms. The first-order valence-corrected chi connectivity index (χ1v) is 16.5. The molecule has 0 amide bonds. The van der Waals surface area contributed by atoms with Gasteiger partial charge in [-0.25, -0.2) is 19.1 Å². The monoisotopic (exact) mass is 757 g/mol. The fourth-order valence-electron chi connectivity index (χ4n) is 6.28. The van der Waals surface area contributed by atoms with Gasteiger partial charge in [0.1, 0.15) is 79.0 Å². The summed E-state index contributed by atoms with van der Waals surface area (Å²) in [5.41, 5.74) is 14.2. The Morgan fingerprint density at radius 1 is 0.961 bits per heavy atom. The lowest BCUT2D eigenvalue weighted by Gasteiger charge is -2.52. The van der Waals surface area contributed by atoms with Crippen molar-refractivity contribution in [3.05, 3.63) is 12.7 Å². The molecular weight excluding hydrogens is 718 g/mol. The lowest BCUT2D eigenvalue weighted by atomic mass is 9.70. The molecule has 26 heteroatoms. The molecule has 5 rings (SSSR count). The Morgan fingerprint density at radius 2 is 1.61 bits per heavy atom. The van der Waals surface area contributed by atoms with Crippen LogP contribution in [0.4, 0.5) is 5.82 Å². The predicted octanol–water partition coefficient (Wildman–Crippen LogP) is -8.89. The lowest BCUT2D eigenvalue weighted by Crippen LogP contribution is -2.78. The van der Waals surface area contributed by atoms with Crippen LogP contribution in [0.3, 0.4) is 0 Å². The number of aliphatic hydroxyl groups excluding tert-OH is 8. The second-order valence-corrected chi connectivity index (χ2v) is 13.2. The first kappa shape index (κ1) is 39.5. The Bertz CT molecular complexity index is 1660. The number of nitrogens with zero attached hydrogens (tertiary/aromatic N) is 4. The van der Waals surface area contributed by atoms with Crippen LogP contribution in [0.5, 0.6) is 0 Å². The van der Waals surface area contributed by atoms with E-state index in [4.69, 9.17) is 36.1 Å². The maximum absolute atomic E-state index is 13.7. The van der Waals surface area contributed by atoms with Gasteiger partial charge >= 0.3 is 10.4 Å². The Labute approximate surface area is 286 Å². The van der Waals surface area contributed by atoms with E-state index in [0.29, 0.717) is 0 Å². The van der Waals surface area contributed by atoms with Gasteiger partial charge in [-0.1, -0.05) is 0 Å². The smallest absolute Gasteiger partial charge is 0.394 e. The summed E-state index contributed by atoms with van der Waals surface area (Å²) in [7, 11) is -5.54. The van der Waals surface area contributed by atoms with Crippen molar-refractivity contribution >= 4 is 33.2 Å². The van der Waals surface area contributed by atoms with Crippen molar-refractivity contribution in [2.24, 2.45) is 11.5 Å². The summed E-state index contributed by atoms with van der Waals surface area (Å²) < 4.78 is 61.0. The Morgan fingerprint density at radius 3 is 2.24 bits per heavy atom. The standard InChI is InChI=1S/C25H39N7O18S/c26-6(1-33)18(41)25(42)19(46-3-8-12(36)14(38)23(47-8)32-5-31-10-21(28)29-4-30-22(10)32)15(39)17(50-51(43,44)45)16(40)20(25)49-24-9(27)13(37)11(35)7(2-34)48-24/h4-9,11-17,19-20,23-24,33-40,42H,1-3,26-27H2,(H2,28,29,30)(H,43,44,45)/t6-,7-,8+,9-,11+,12+,13+,14+,15-,16-,17-,19+,20+,23+,24+,25-/m0/s1. The maximum Gasteiger partial charge on any atom is 0.397 e. The number of ketones is 1. The van der Waals surface area contributed by atoms with Gasteiger partial charge in [0.15, 0.2) is 35.4 Å². The Balaban J connectivity index is 1.50. The Hall–Kier alpha value is -2.71. The maximum atomic E-state index is 13.7. The fraction of sp³-hybridized carbons (Fsp3) is 0.760. The van der Waals surface area contributed by atoms with Crippen molar-refractivity contribution in [3.8, 4) is 0 Å². The number of anilines is 1. The van der Waals surface area contributed by atoms with Gasteiger partial charge in [-0.3, -0.25) is 13.9 Å². The van der Waals surface area contributed by atoms with Crippen molar-refractivity contribution in [1.29, 1.82) is 0 Å². The minimum Gasteiger partial charge on any atom is -0.394 e. The van der Waals surface area contributed by atoms with E-state index < -0.39 is 133 Å². The third-order valence-electron chi connectivity index (χ3n) is 8.97. The van der Waals surface area contributed by atoms with Crippen LogP contribution < -0.4 is 17.2 Å². The molecule has 0 radical (unpaired) electrons. The van der Waals surface area contributed by atoms with E-state index in [2.05, 4.69) is 19.1 Å². The average molecular weight is 758 g/mol. The van der Waals surface area contributed by atoms with Crippen molar-refractivity contribution in [3.63, 3.8) is 0 Å². The largest absolute Gasteiger partial charge is 0.397 e. The van der Waals surface area contributed by atoms with Gasteiger partial charge in [0.05, 0.1) is 38.2 Å². The zero-order valence-electron chi connectivity index (χ0n) is 26.1. The number of aliphatic hydroxyl groups is 9. The number of ether oxygens (including phenoxy) is 4. The van der Waals surface area contributed by atoms with Crippen LogP contribution in [0.1, 0.15) is 6.23 Å². The summed E-state index contributed by atoms with van der Waals surface area (Å²) in [6.07, 6.45) is -24.3. The Kier molecular flexibility index (Phi) is 11.6. The second kappa shape index (κ2) is 15.0. The number of rotatable bonds is 12. The summed E-state index contributed by atoms with van der Waals surface area (Å²) in [5, 5.41) is 96.2. The van der Waals surface area contributed by atoms with Crippen LogP contribution in [0, 0.1) is 0 Å². The van der Waals surface area contributed by atoms with E-state index >= 15 is 0 Å². The number of carbonyl (C=O) groups is 1. The third-order valence-corrected chi connectivity index (χ3v) is 9.43. The summed E-state index contributed by atoms with van der Waals surface area (Å²) in [4.78, 5) is 25.6. The second-order valence-electron chi connectivity index (χ2n) is 12.2. The molecule has 3 aliphatic rings. The summed E-state index contributed by atoms with van der Waals surface area (Å²) in [6, 6.07) is -3.75. The number of nitrogens with two attached hydrogens (primary N) is 3. The number of carbonyl (C=O) groups excluding carboxylic acids is 1. The molecule has 51 heavy (non-hydrogen) atoms. The van der Waals surface area contributed by atoms with E-state index in [1.54, 1.807) is 0 Å². The van der Waals surface area contributed by atoms with Gasteiger partial charge in [-0.15, -0.1) is 0 Å². The highest BCUT2D eigenvalue weighted by atomic mass is 32.3. The molecule has 16 N–H and O–H groups in total. The average Bonchev–Trinajstić information content (AvgIpc) is 3.64. The fourth-order valence-corrected chi connectivity index (χ4v) is 6.78. The van der Waals surface area contributed by atoms with E-state index in [0.717, 1.165) is 6.33 Å². The molecule has 2 aromatic rings. The molecule has 16 atom stereocenters. The molecule has 3 fully saturated rings. The van der Waals surface area contributed by atoms with Gasteiger partial charge in [0.25, 0.3) is 0 Å². The highest BCUT2D eigenvalue weighted by molar-refractivity contribution is 7.80. The number of imidazole rings is 1. The highest BCUT2D eigenvalue weighted by Crippen LogP contribution is 2.40. The number of hydrogen-bond acceptors (Lipinski definition) is 23. The van der Waals surface area contributed by atoms with Crippen LogP contribution in [-0.2, 0) is 38.3 Å². The first-order chi connectivity index (χ1) is 23.9. The molecule has 25 nitrogen and oxygen atoms in total. The SMILES string of the molecule is Nc1ncnc2c1ncn2[C@@H]1O[C@H](CO[C@@H]2[C@@H](O)[C@H](OS(=O)(=O)O)[C@H](O)[C@@H](O[C@H]3O[C@@H](CO)[C@@H](O)[C@H](O)[C@@H]3N)[C@]2(O)C(=O)[C@@H](N)CO)[C@@H](O)[C@H]1O. The minimum atomic E-state index is -5.54. The van der Waals surface area contributed by atoms with E-state index in [-0.39, 0.29) is 17.0 Å². The molecule has 288 valence electrons. The summed E-state index contributed by atoms with van der Waals surface area (Å²) in [5.74, 6) is -1.61. The molecule has 4 heterocycles. The molecule has 2 aromatic heterocycles. The molecule has 0 bridgehead atoms. The summed E-state index contributed by atoms with van der Waals surface area (Å²) in [6.45, 7) is -3.02.